The molecule has 1 fully saturated rings. The zero-order valence-corrected chi connectivity index (χ0v) is 12.6. The third kappa shape index (κ3) is 4.67. The quantitative estimate of drug-likeness (QED) is 0.830. The fourth-order valence-corrected chi connectivity index (χ4v) is 2.46. The van der Waals surface area contributed by atoms with Crippen molar-refractivity contribution >= 4 is 23.4 Å². The number of halogens is 1. The van der Waals surface area contributed by atoms with Gasteiger partial charge >= 0.3 is 0 Å². The first-order valence-corrected chi connectivity index (χ1v) is 7.65. The Kier molecular flexibility index (Phi) is 5.92. The van der Waals surface area contributed by atoms with Crippen LogP contribution in [0.4, 0.5) is 0 Å². The first-order chi connectivity index (χ1) is 10.2. The van der Waals surface area contributed by atoms with Crippen molar-refractivity contribution in [3.05, 3.63) is 24.3 Å². The highest BCUT2D eigenvalue weighted by atomic mass is 35.5. The molecule has 0 aromatic carbocycles. The van der Waals surface area contributed by atoms with Gasteiger partial charge in [-0.25, -0.2) is 4.98 Å². The molecule has 1 aliphatic rings. The van der Waals surface area contributed by atoms with Gasteiger partial charge in [-0.2, -0.15) is 0 Å². The summed E-state index contributed by atoms with van der Waals surface area (Å²) < 4.78 is 0. The molecule has 1 N–H and O–H groups in total. The normalized spacial score (nSPS) is 15.8. The Hall–Kier alpha value is -1.69. The van der Waals surface area contributed by atoms with Gasteiger partial charge in [-0.15, -0.1) is 11.6 Å². The molecule has 0 saturated carbocycles. The molecular formula is C14H19ClN4O2. The lowest BCUT2D eigenvalue weighted by atomic mass is 10.0. The Bertz CT molecular complexity index is 475. The summed E-state index contributed by atoms with van der Waals surface area (Å²) in [5.74, 6) is 0.433. The zero-order chi connectivity index (χ0) is 15.1. The van der Waals surface area contributed by atoms with Crippen molar-refractivity contribution in [1.29, 1.82) is 0 Å². The first-order valence-electron chi connectivity index (χ1n) is 7.11. The Balaban J connectivity index is 1.78. The van der Waals surface area contributed by atoms with Gasteiger partial charge in [0, 0.05) is 43.8 Å². The molecule has 0 radical (unpaired) electrons. The maximum atomic E-state index is 12.2. The number of hydrogen-bond acceptors (Lipinski definition) is 4. The van der Waals surface area contributed by atoms with Crippen molar-refractivity contribution in [1.82, 2.24) is 20.2 Å². The summed E-state index contributed by atoms with van der Waals surface area (Å²) in [7, 11) is 0. The number of aromatic nitrogens is 2. The average molecular weight is 311 g/mol. The lowest BCUT2D eigenvalue weighted by molar-refractivity contribution is -0.122. The van der Waals surface area contributed by atoms with Crippen molar-refractivity contribution < 1.29 is 9.59 Å². The summed E-state index contributed by atoms with van der Waals surface area (Å²) in [6.45, 7) is 1.24. The van der Waals surface area contributed by atoms with Gasteiger partial charge in [0.1, 0.15) is 5.69 Å². The number of carbonyl (C=O) groups excluding carboxylic acids is 2. The minimum atomic E-state index is -0.102. The molecule has 0 unspecified atom stereocenters. The number of nitrogens with one attached hydrogen (secondary N) is 1. The van der Waals surface area contributed by atoms with Crippen LogP contribution in [0.25, 0.3) is 0 Å². The largest absolute Gasteiger partial charge is 0.353 e. The number of alkyl halides is 1. The summed E-state index contributed by atoms with van der Waals surface area (Å²) in [5.41, 5.74) is 0.363. The van der Waals surface area contributed by atoms with Gasteiger partial charge in [-0.1, -0.05) is 0 Å². The Morgan fingerprint density at radius 1 is 1.33 bits per heavy atom. The van der Waals surface area contributed by atoms with E-state index in [-0.39, 0.29) is 17.9 Å². The molecule has 6 nitrogen and oxygen atoms in total. The van der Waals surface area contributed by atoms with E-state index in [4.69, 9.17) is 11.6 Å². The molecule has 2 rings (SSSR count). The van der Waals surface area contributed by atoms with Crippen molar-refractivity contribution in [2.75, 3.05) is 19.0 Å². The van der Waals surface area contributed by atoms with Gasteiger partial charge in [0.2, 0.25) is 5.91 Å². The molecule has 0 spiro atoms. The standard InChI is InChI=1S/C14H19ClN4O2/c15-5-1-2-13(20)18-11-3-8-19(9-4-11)14(21)12-10-16-6-7-17-12/h6-7,10-11H,1-5,8-9H2,(H,18,20). The third-order valence-electron chi connectivity index (χ3n) is 3.47. The van der Waals surface area contributed by atoms with Crippen LogP contribution in [0.15, 0.2) is 18.6 Å². The Labute approximate surface area is 128 Å². The fourth-order valence-electron chi connectivity index (χ4n) is 2.33. The summed E-state index contributed by atoms with van der Waals surface area (Å²) in [4.78, 5) is 33.5. The van der Waals surface area contributed by atoms with Crippen molar-refractivity contribution in [2.24, 2.45) is 0 Å². The van der Waals surface area contributed by atoms with Gasteiger partial charge in [0.15, 0.2) is 0 Å². The highest BCUT2D eigenvalue weighted by Crippen LogP contribution is 2.13. The SMILES string of the molecule is O=C(CCCCl)NC1CCN(C(=O)c2cnccn2)CC1. The highest BCUT2D eigenvalue weighted by molar-refractivity contribution is 6.17. The van der Waals surface area contributed by atoms with E-state index in [1.807, 2.05) is 0 Å². The van der Waals surface area contributed by atoms with Crippen LogP contribution in [0.3, 0.4) is 0 Å². The maximum Gasteiger partial charge on any atom is 0.274 e. The van der Waals surface area contributed by atoms with E-state index in [1.54, 1.807) is 11.1 Å². The molecule has 0 atom stereocenters. The minimum Gasteiger partial charge on any atom is -0.353 e. The number of rotatable bonds is 5. The molecule has 2 heterocycles. The van der Waals surface area contributed by atoms with Crippen LogP contribution < -0.4 is 5.32 Å². The summed E-state index contributed by atoms with van der Waals surface area (Å²) in [6.07, 6.45) is 7.20. The molecule has 1 aromatic heterocycles. The summed E-state index contributed by atoms with van der Waals surface area (Å²) in [6, 6.07) is 0.138. The van der Waals surface area contributed by atoms with Crippen molar-refractivity contribution in [3.63, 3.8) is 0 Å². The average Bonchev–Trinajstić information content (AvgIpc) is 2.54. The molecule has 21 heavy (non-hydrogen) atoms. The van der Waals surface area contributed by atoms with Crippen LogP contribution in [0.5, 0.6) is 0 Å². The van der Waals surface area contributed by atoms with Crippen LogP contribution in [0.1, 0.15) is 36.2 Å². The van der Waals surface area contributed by atoms with E-state index in [0.29, 0.717) is 37.5 Å². The molecule has 0 bridgehead atoms. The van der Waals surface area contributed by atoms with Gasteiger partial charge in [-0.3, -0.25) is 14.6 Å². The number of nitrogens with zero attached hydrogens (tertiary/aromatic N) is 3. The van der Waals surface area contributed by atoms with Crippen LogP contribution in [-0.4, -0.2) is 51.7 Å². The molecular weight excluding hydrogens is 292 g/mol. The minimum absolute atomic E-state index is 0.0364. The molecule has 1 aromatic rings. The number of hydrogen-bond donors (Lipinski definition) is 1. The first kappa shape index (κ1) is 15.7. The summed E-state index contributed by atoms with van der Waals surface area (Å²) >= 11 is 5.57. The van der Waals surface area contributed by atoms with E-state index in [2.05, 4.69) is 15.3 Å². The second-order valence-corrected chi connectivity index (χ2v) is 5.40. The van der Waals surface area contributed by atoms with Crippen LogP contribution in [0, 0.1) is 0 Å². The lowest BCUT2D eigenvalue weighted by Crippen LogP contribution is -2.46. The number of likely N-dealkylation sites (tertiary alicyclic amines) is 1. The van der Waals surface area contributed by atoms with Crippen molar-refractivity contribution in [2.45, 2.75) is 31.7 Å². The van der Waals surface area contributed by atoms with Crippen LogP contribution in [-0.2, 0) is 4.79 Å². The predicted octanol–water partition coefficient (Wildman–Crippen LogP) is 1.22. The van der Waals surface area contributed by atoms with Crippen LogP contribution >= 0.6 is 11.6 Å². The van der Waals surface area contributed by atoms with E-state index in [0.717, 1.165) is 12.8 Å². The molecule has 7 heteroatoms. The second-order valence-electron chi connectivity index (χ2n) is 5.02. The smallest absolute Gasteiger partial charge is 0.274 e. The second kappa shape index (κ2) is 7.93. The predicted molar refractivity (Wildman–Crippen MR) is 79.1 cm³/mol. The topological polar surface area (TPSA) is 75.2 Å². The molecule has 1 saturated heterocycles. The third-order valence-corrected chi connectivity index (χ3v) is 3.73. The van der Waals surface area contributed by atoms with E-state index >= 15 is 0 Å². The lowest BCUT2D eigenvalue weighted by Gasteiger charge is -2.32. The van der Waals surface area contributed by atoms with Crippen molar-refractivity contribution in [3.8, 4) is 0 Å². The van der Waals surface area contributed by atoms with E-state index in [9.17, 15) is 9.59 Å². The van der Waals surface area contributed by atoms with Gasteiger partial charge in [-0.05, 0) is 19.3 Å². The van der Waals surface area contributed by atoms with Gasteiger partial charge in [0.05, 0.1) is 6.20 Å². The molecule has 0 aliphatic carbocycles. The molecule has 114 valence electrons. The molecule has 2 amide bonds. The van der Waals surface area contributed by atoms with E-state index < -0.39 is 0 Å². The maximum absolute atomic E-state index is 12.2. The number of amides is 2. The fraction of sp³-hybridized carbons (Fsp3) is 0.571. The van der Waals surface area contributed by atoms with Gasteiger partial charge < -0.3 is 10.2 Å². The number of carbonyl (C=O) groups is 2. The summed E-state index contributed by atoms with van der Waals surface area (Å²) in [5, 5.41) is 2.99. The highest BCUT2D eigenvalue weighted by Gasteiger charge is 2.25. The Morgan fingerprint density at radius 3 is 2.71 bits per heavy atom. The Morgan fingerprint density at radius 2 is 2.10 bits per heavy atom. The number of piperidine rings is 1. The zero-order valence-electron chi connectivity index (χ0n) is 11.8. The van der Waals surface area contributed by atoms with Gasteiger partial charge in [0.25, 0.3) is 5.91 Å². The van der Waals surface area contributed by atoms with E-state index in [1.165, 1.54) is 12.4 Å². The van der Waals surface area contributed by atoms with Crippen LogP contribution in [0.2, 0.25) is 0 Å². The monoisotopic (exact) mass is 310 g/mol. The molecule has 1 aliphatic heterocycles.